The molecule has 2 nitrogen and oxygen atoms in total. The molecule has 1 atom stereocenters. The van der Waals surface area contributed by atoms with E-state index >= 15 is 0 Å². The molecule has 0 fully saturated rings. The monoisotopic (exact) mass is 278 g/mol. The summed E-state index contributed by atoms with van der Waals surface area (Å²) in [5.41, 5.74) is 3.60. The number of rotatable bonds is 3. The maximum atomic E-state index is 13.4. The van der Waals surface area contributed by atoms with Crippen molar-refractivity contribution in [3.8, 4) is 0 Å². The minimum absolute atomic E-state index is 0.170. The van der Waals surface area contributed by atoms with Crippen LogP contribution in [-0.4, -0.2) is 12.0 Å². The van der Waals surface area contributed by atoms with Gasteiger partial charge in [0.05, 0.1) is 6.04 Å². The molecule has 0 amide bonds. The largest absolute Gasteiger partial charge is 0.309 e. The summed E-state index contributed by atoms with van der Waals surface area (Å²) in [6.07, 6.45) is 0. The second kappa shape index (κ2) is 5.68. The van der Waals surface area contributed by atoms with Crippen LogP contribution in [0.15, 0.2) is 30.3 Å². The fourth-order valence-electron chi connectivity index (χ4n) is 2.22. The Morgan fingerprint density at radius 3 is 2.53 bits per heavy atom. The van der Waals surface area contributed by atoms with Crippen LogP contribution in [0.25, 0.3) is 0 Å². The average Bonchev–Trinajstić information content (AvgIpc) is 2.36. The molecule has 1 N–H and O–H groups in total. The molecule has 1 unspecified atom stereocenters. The van der Waals surface area contributed by atoms with Crippen molar-refractivity contribution in [1.29, 1.82) is 0 Å². The van der Waals surface area contributed by atoms with E-state index in [2.05, 4.69) is 10.3 Å². The third-order valence-corrected chi connectivity index (χ3v) is 3.48. The van der Waals surface area contributed by atoms with E-state index in [4.69, 9.17) is 11.6 Å². The molecule has 0 bridgehead atoms. The van der Waals surface area contributed by atoms with Crippen molar-refractivity contribution < 1.29 is 4.39 Å². The topological polar surface area (TPSA) is 24.9 Å². The highest BCUT2D eigenvalue weighted by molar-refractivity contribution is 6.31. The number of hydrogen-bond acceptors (Lipinski definition) is 2. The Morgan fingerprint density at radius 1 is 1.16 bits per heavy atom. The van der Waals surface area contributed by atoms with Gasteiger partial charge in [-0.2, -0.15) is 0 Å². The van der Waals surface area contributed by atoms with Gasteiger partial charge in [0, 0.05) is 16.4 Å². The second-order valence-corrected chi connectivity index (χ2v) is 4.92. The number of hydrogen-bond donors (Lipinski definition) is 1. The Morgan fingerprint density at radius 2 is 1.89 bits per heavy atom. The maximum absolute atomic E-state index is 13.4. The number of aromatic nitrogens is 1. The smallest absolute Gasteiger partial charge is 0.123 e. The van der Waals surface area contributed by atoms with Crippen molar-refractivity contribution in [1.82, 2.24) is 10.3 Å². The molecular weight excluding hydrogens is 263 g/mol. The van der Waals surface area contributed by atoms with Gasteiger partial charge in [0.25, 0.3) is 0 Å². The Labute approximate surface area is 117 Å². The van der Waals surface area contributed by atoms with E-state index in [1.165, 1.54) is 12.1 Å². The van der Waals surface area contributed by atoms with Gasteiger partial charge >= 0.3 is 0 Å². The van der Waals surface area contributed by atoms with Crippen LogP contribution in [-0.2, 0) is 0 Å². The summed E-state index contributed by atoms with van der Waals surface area (Å²) in [6, 6.07) is 8.17. The lowest BCUT2D eigenvalue weighted by Gasteiger charge is -2.20. The van der Waals surface area contributed by atoms with Crippen LogP contribution < -0.4 is 5.32 Å². The van der Waals surface area contributed by atoms with Crippen molar-refractivity contribution in [3.05, 3.63) is 63.7 Å². The SMILES string of the molecule is CNC(c1cc(F)ccc1Cl)c1ccc(C)nc1C. The van der Waals surface area contributed by atoms with Gasteiger partial charge < -0.3 is 5.32 Å². The van der Waals surface area contributed by atoms with Crippen LogP contribution >= 0.6 is 11.6 Å². The fourth-order valence-corrected chi connectivity index (χ4v) is 2.44. The molecule has 0 radical (unpaired) electrons. The first-order valence-electron chi connectivity index (χ1n) is 6.09. The third kappa shape index (κ3) is 2.94. The van der Waals surface area contributed by atoms with Gasteiger partial charge in [-0.15, -0.1) is 0 Å². The lowest BCUT2D eigenvalue weighted by molar-refractivity contribution is 0.615. The van der Waals surface area contributed by atoms with Gasteiger partial charge in [-0.1, -0.05) is 17.7 Å². The summed E-state index contributed by atoms with van der Waals surface area (Å²) in [6.45, 7) is 3.89. The number of nitrogens with one attached hydrogen (secondary N) is 1. The first-order chi connectivity index (χ1) is 9.02. The van der Waals surface area contributed by atoms with Crippen molar-refractivity contribution in [3.63, 3.8) is 0 Å². The minimum Gasteiger partial charge on any atom is -0.309 e. The molecule has 0 aliphatic heterocycles. The van der Waals surface area contributed by atoms with Crippen LogP contribution in [0, 0.1) is 19.7 Å². The molecule has 2 rings (SSSR count). The zero-order valence-corrected chi connectivity index (χ0v) is 11.9. The zero-order chi connectivity index (χ0) is 14.0. The average molecular weight is 279 g/mol. The Bertz CT molecular complexity index is 599. The molecule has 1 aromatic heterocycles. The standard InChI is InChI=1S/C15H16ClFN2/c1-9-4-6-12(10(2)19-9)15(18-3)13-8-11(17)5-7-14(13)16/h4-8,15,18H,1-3H3. The molecule has 19 heavy (non-hydrogen) atoms. The maximum Gasteiger partial charge on any atom is 0.123 e. The van der Waals surface area contributed by atoms with Crippen LogP contribution in [0.4, 0.5) is 4.39 Å². The zero-order valence-electron chi connectivity index (χ0n) is 11.2. The highest BCUT2D eigenvalue weighted by Crippen LogP contribution is 2.30. The van der Waals surface area contributed by atoms with E-state index in [1.54, 1.807) is 6.07 Å². The summed E-state index contributed by atoms with van der Waals surface area (Å²) < 4.78 is 13.4. The molecule has 0 spiro atoms. The van der Waals surface area contributed by atoms with E-state index in [-0.39, 0.29) is 11.9 Å². The van der Waals surface area contributed by atoms with Crippen molar-refractivity contribution in [2.24, 2.45) is 0 Å². The molecule has 1 aromatic carbocycles. The number of benzene rings is 1. The Hall–Kier alpha value is -1.45. The molecule has 0 saturated carbocycles. The van der Waals surface area contributed by atoms with E-state index in [0.717, 1.165) is 22.5 Å². The summed E-state index contributed by atoms with van der Waals surface area (Å²) in [5, 5.41) is 3.71. The quantitative estimate of drug-likeness (QED) is 0.924. The van der Waals surface area contributed by atoms with Crippen LogP contribution in [0.5, 0.6) is 0 Å². The lowest BCUT2D eigenvalue weighted by Crippen LogP contribution is -2.20. The summed E-state index contributed by atoms with van der Waals surface area (Å²) in [4.78, 5) is 4.44. The first kappa shape index (κ1) is 14.0. The van der Waals surface area contributed by atoms with Crippen LogP contribution in [0.3, 0.4) is 0 Å². The molecular formula is C15H16ClFN2. The third-order valence-electron chi connectivity index (χ3n) is 3.13. The van der Waals surface area contributed by atoms with E-state index in [1.807, 2.05) is 33.0 Å². The van der Waals surface area contributed by atoms with Gasteiger partial charge in [-0.3, -0.25) is 4.98 Å². The van der Waals surface area contributed by atoms with E-state index in [0.29, 0.717) is 5.02 Å². The van der Waals surface area contributed by atoms with Gasteiger partial charge in [-0.25, -0.2) is 4.39 Å². The lowest BCUT2D eigenvalue weighted by atomic mass is 9.97. The van der Waals surface area contributed by atoms with Crippen molar-refractivity contribution >= 4 is 11.6 Å². The molecule has 0 aliphatic carbocycles. The minimum atomic E-state index is -0.294. The number of nitrogens with zero attached hydrogens (tertiary/aromatic N) is 1. The number of halogens is 2. The number of aryl methyl sites for hydroxylation is 2. The van der Waals surface area contributed by atoms with Crippen molar-refractivity contribution in [2.75, 3.05) is 7.05 Å². The number of pyridine rings is 1. The molecule has 1 heterocycles. The van der Waals surface area contributed by atoms with E-state index in [9.17, 15) is 4.39 Å². The summed E-state index contributed by atoms with van der Waals surface area (Å²) in [7, 11) is 1.82. The fraction of sp³-hybridized carbons (Fsp3) is 0.267. The van der Waals surface area contributed by atoms with Crippen molar-refractivity contribution in [2.45, 2.75) is 19.9 Å². The summed E-state index contributed by atoms with van der Waals surface area (Å²) in [5.74, 6) is -0.294. The predicted octanol–water partition coefficient (Wildman–Crippen LogP) is 3.80. The van der Waals surface area contributed by atoms with Crippen LogP contribution in [0.1, 0.15) is 28.6 Å². The molecule has 100 valence electrons. The Balaban J connectivity index is 2.52. The predicted molar refractivity (Wildman–Crippen MR) is 76.0 cm³/mol. The highest BCUT2D eigenvalue weighted by atomic mass is 35.5. The molecule has 4 heteroatoms. The van der Waals surface area contributed by atoms with E-state index < -0.39 is 0 Å². The van der Waals surface area contributed by atoms with Gasteiger partial charge in [0.2, 0.25) is 0 Å². The molecule has 0 saturated heterocycles. The van der Waals surface area contributed by atoms with Gasteiger partial charge in [0.1, 0.15) is 5.82 Å². The molecule has 2 aromatic rings. The molecule has 0 aliphatic rings. The van der Waals surface area contributed by atoms with Gasteiger partial charge in [-0.05, 0) is 56.3 Å². The second-order valence-electron chi connectivity index (χ2n) is 4.51. The first-order valence-corrected chi connectivity index (χ1v) is 6.47. The highest BCUT2D eigenvalue weighted by Gasteiger charge is 2.18. The van der Waals surface area contributed by atoms with Gasteiger partial charge in [0.15, 0.2) is 0 Å². The normalized spacial score (nSPS) is 12.5. The van der Waals surface area contributed by atoms with Crippen LogP contribution in [0.2, 0.25) is 5.02 Å². The summed E-state index contributed by atoms with van der Waals surface area (Å²) >= 11 is 6.18. The Kier molecular flexibility index (Phi) is 4.17.